The van der Waals surface area contributed by atoms with E-state index >= 15 is 0 Å². The number of nitrogens with one attached hydrogen (secondary N) is 2. The van der Waals surface area contributed by atoms with Gasteiger partial charge in [0.05, 0.1) is 36.1 Å². The molecule has 10 heteroatoms. The normalized spacial score (nSPS) is 16.1. The molecule has 3 heterocycles. The lowest BCUT2D eigenvalue weighted by molar-refractivity contribution is 0.122. The molecule has 9 nitrogen and oxygen atoms in total. The van der Waals surface area contributed by atoms with Crippen LogP contribution in [0.5, 0.6) is 0 Å². The van der Waals surface area contributed by atoms with Crippen LogP contribution >= 0.6 is 11.8 Å². The number of benzene rings is 1. The third-order valence-electron chi connectivity index (χ3n) is 6.10. The zero-order chi connectivity index (χ0) is 24.8. The fraction of sp³-hybridized carbons (Fsp3) is 0.346. The average Bonchev–Trinajstić information content (AvgIpc) is 3.71. The second kappa shape index (κ2) is 10.9. The van der Waals surface area contributed by atoms with Crippen LogP contribution in [-0.2, 0) is 9.48 Å². The molecule has 2 aliphatic rings. The number of carbonyl (C=O) groups is 1. The Labute approximate surface area is 214 Å². The summed E-state index contributed by atoms with van der Waals surface area (Å²) in [5.74, 6) is 1.58. The Hall–Kier alpha value is -3.68. The maximum absolute atomic E-state index is 12.0. The minimum absolute atomic E-state index is 0.0664. The van der Waals surface area contributed by atoms with Gasteiger partial charge in [0.2, 0.25) is 0 Å². The van der Waals surface area contributed by atoms with Crippen LogP contribution in [-0.4, -0.2) is 53.8 Å². The molecule has 184 valence electrons. The van der Waals surface area contributed by atoms with Gasteiger partial charge in [0.25, 0.3) is 0 Å². The number of nitriles is 1. The van der Waals surface area contributed by atoms with Crippen LogP contribution < -0.4 is 15.5 Å². The third-order valence-corrected chi connectivity index (χ3v) is 7.62. The minimum Gasteiger partial charge on any atom is -0.378 e. The van der Waals surface area contributed by atoms with Crippen LogP contribution in [0.2, 0.25) is 0 Å². The van der Waals surface area contributed by atoms with Crippen molar-refractivity contribution in [2.45, 2.75) is 28.9 Å². The molecular formula is C26H27N7O2S. The van der Waals surface area contributed by atoms with Gasteiger partial charge in [-0.25, -0.2) is 14.8 Å². The number of anilines is 2. The van der Waals surface area contributed by atoms with Gasteiger partial charge in [-0.3, -0.25) is 4.98 Å². The van der Waals surface area contributed by atoms with Gasteiger partial charge in [-0.05, 0) is 49.2 Å². The van der Waals surface area contributed by atoms with E-state index in [0.717, 1.165) is 43.0 Å². The molecule has 0 spiro atoms. The van der Waals surface area contributed by atoms with Gasteiger partial charge in [0.15, 0.2) is 5.82 Å². The molecular weight excluding hydrogens is 474 g/mol. The van der Waals surface area contributed by atoms with E-state index in [-0.39, 0.29) is 17.2 Å². The van der Waals surface area contributed by atoms with Crippen molar-refractivity contribution in [1.82, 2.24) is 20.3 Å². The largest absolute Gasteiger partial charge is 0.378 e. The highest BCUT2D eigenvalue weighted by atomic mass is 32.2. The van der Waals surface area contributed by atoms with Gasteiger partial charge in [-0.1, -0.05) is 0 Å². The first-order chi connectivity index (χ1) is 17.6. The summed E-state index contributed by atoms with van der Waals surface area (Å²) in [7, 11) is 0. The number of nitrogens with zero attached hydrogens (tertiary/aromatic N) is 5. The highest BCUT2D eigenvalue weighted by Crippen LogP contribution is 2.59. The first-order valence-corrected chi connectivity index (χ1v) is 12.8. The van der Waals surface area contributed by atoms with Gasteiger partial charge in [0.1, 0.15) is 5.82 Å². The maximum atomic E-state index is 12.0. The number of ether oxygens (including phenoxy) is 1. The molecule has 1 aliphatic heterocycles. The quantitative estimate of drug-likeness (QED) is 0.442. The molecule has 2 aromatic heterocycles. The maximum Gasteiger partial charge on any atom is 0.319 e. The molecule has 1 aromatic carbocycles. The summed E-state index contributed by atoms with van der Waals surface area (Å²) in [5.41, 5.74) is 2.58. The van der Waals surface area contributed by atoms with Gasteiger partial charge >= 0.3 is 6.03 Å². The highest BCUT2D eigenvalue weighted by Gasteiger charge is 2.47. The van der Waals surface area contributed by atoms with Crippen molar-refractivity contribution < 1.29 is 9.53 Å². The summed E-state index contributed by atoms with van der Waals surface area (Å²) in [5, 5.41) is 14.0. The smallest absolute Gasteiger partial charge is 0.319 e. The van der Waals surface area contributed by atoms with Crippen molar-refractivity contribution >= 4 is 29.3 Å². The van der Waals surface area contributed by atoms with Gasteiger partial charge in [0, 0.05) is 54.2 Å². The van der Waals surface area contributed by atoms with Crippen LogP contribution in [0.3, 0.4) is 0 Å². The van der Waals surface area contributed by atoms with E-state index in [9.17, 15) is 4.79 Å². The molecule has 0 unspecified atom stereocenters. The predicted octanol–water partition coefficient (Wildman–Crippen LogP) is 4.19. The van der Waals surface area contributed by atoms with Crippen LogP contribution in [0, 0.1) is 11.3 Å². The van der Waals surface area contributed by atoms with Gasteiger partial charge in [-0.2, -0.15) is 5.26 Å². The molecule has 2 N–H and O–H groups in total. The van der Waals surface area contributed by atoms with Crippen molar-refractivity contribution in [3.63, 3.8) is 0 Å². The highest BCUT2D eigenvalue weighted by molar-refractivity contribution is 8.00. The molecule has 1 saturated heterocycles. The minimum atomic E-state index is -0.338. The molecule has 1 aliphatic carbocycles. The lowest BCUT2D eigenvalue weighted by atomic mass is 10.1. The van der Waals surface area contributed by atoms with Crippen molar-refractivity contribution in [2.75, 3.05) is 43.1 Å². The number of rotatable bonds is 8. The molecule has 1 saturated carbocycles. The van der Waals surface area contributed by atoms with E-state index in [0.29, 0.717) is 31.3 Å². The zero-order valence-corrected chi connectivity index (χ0v) is 20.6. The molecule has 3 aromatic rings. The molecule has 2 amide bonds. The van der Waals surface area contributed by atoms with Crippen molar-refractivity contribution in [3.8, 4) is 17.5 Å². The summed E-state index contributed by atoms with van der Waals surface area (Å²) in [4.78, 5) is 29.5. The first-order valence-electron chi connectivity index (χ1n) is 12.0. The second-order valence-electron chi connectivity index (χ2n) is 8.68. The molecule has 2 fully saturated rings. The molecule has 36 heavy (non-hydrogen) atoms. The SMILES string of the molecule is N#CCCNC(=O)Nc1ccc(-c2nc(N3CCOCC3)cc(C3(Sc4ccncc4)CC3)n2)cc1. The summed E-state index contributed by atoms with van der Waals surface area (Å²) >= 11 is 1.84. The second-order valence-corrected chi connectivity index (χ2v) is 10.1. The number of urea groups is 1. The fourth-order valence-electron chi connectivity index (χ4n) is 4.02. The topological polar surface area (TPSA) is 116 Å². The Morgan fingerprint density at radius 2 is 1.86 bits per heavy atom. The monoisotopic (exact) mass is 501 g/mol. The Balaban J connectivity index is 1.41. The summed E-state index contributed by atoms with van der Waals surface area (Å²) in [6, 6.07) is 15.4. The first kappa shape index (κ1) is 24.0. The number of morpholine rings is 1. The Kier molecular flexibility index (Phi) is 7.30. The summed E-state index contributed by atoms with van der Waals surface area (Å²) in [6.07, 6.45) is 6.03. The number of pyridine rings is 1. The van der Waals surface area contributed by atoms with Crippen molar-refractivity contribution in [1.29, 1.82) is 5.26 Å². The Morgan fingerprint density at radius 3 is 2.56 bits per heavy atom. The fourth-order valence-corrected chi connectivity index (χ4v) is 5.24. The number of amides is 2. The van der Waals surface area contributed by atoms with Gasteiger partial charge < -0.3 is 20.3 Å². The standard InChI is InChI=1S/C26H27N7O2S/c27-10-1-11-29-25(34)30-20-4-2-19(3-5-20)24-31-22(18-23(32-24)33-14-16-35-17-15-33)26(8-9-26)36-21-6-12-28-13-7-21/h2-7,12-13,18H,1,8-9,11,14-17H2,(H2,29,30,34). The van der Waals surface area contributed by atoms with E-state index in [4.69, 9.17) is 20.0 Å². The van der Waals surface area contributed by atoms with Crippen molar-refractivity contribution in [3.05, 3.63) is 60.6 Å². The van der Waals surface area contributed by atoms with Crippen LogP contribution in [0.4, 0.5) is 16.3 Å². The Bertz CT molecular complexity index is 1240. The average molecular weight is 502 g/mol. The number of hydrogen-bond acceptors (Lipinski definition) is 8. The molecule has 0 bridgehead atoms. The van der Waals surface area contributed by atoms with Crippen LogP contribution in [0.1, 0.15) is 25.0 Å². The van der Waals surface area contributed by atoms with Crippen molar-refractivity contribution in [2.24, 2.45) is 0 Å². The number of hydrogen-bond donors (Lipinski definition) is 2. The number of thioether (sulfide) groups is 1. The zero-order valence-electron chi connectivity index (χ0n) is 19.8. The molecule has 0 radical (unpaired) electrons. The molecule has 0 atom stereocenters. The van der Waals surface area contributed by atoms with Crippen LogP contribution in [0.25, 0.3) is 11.4 Å². The summed E-state index contributed by atoms with van der Waals surface area (Å²) in [6.45, 7) is 3.27. The van der Waals surface area contributed by atoms with E-state index in [2.05, 4.69) is 26.6 Å². The number of aromatic nitrogens is 3. The predicted molar refractivity (Wildman–Crippen MR) is 139 cm³/mol. The lowest BCUT2D eigenvalue weighted by Crippen LogP contribution is -2.37. The van der Waals surface area contributed by atoms with E-state index in [1.54, 1.807) is 0 Å². The molecule has 5 rings (SSSR count). The summed E-state index contributed by atoms with van der Waals surface area (Å²) < 4.78 is 5.48. The lowest BCUT2D eigenvalue weighted by Gasteiger charge is -2.29. The van der Waals surface area contributed by atoms with E-state index < -0.39 is 0 Å². The Morgan fingerprint density at radius 1 is 1.11 bits per heavy atom. The van der Waals surface area contributed by atoms with E-state index in [1.165, 1.54) is 4.90 Å². The van der Waals surface area contributed by atoms with E-state index in [1.807, 2.05) is 66.6 Å². The van der Waals surface area contributed by atoms with Crippen LogP contribution in [0.15, 0.2) is 59.8 Å². The number of carbonyl (C=O) groups excluding carboxylic acids is 1. The third kappa shape index (κ3) is 5.75. The van der Waals surface area contributed by atoms with Gasteiger partial charge in [-0.15, -0.1) is 11.8 Å².